The molecular weight excluding hydrogens is 625 g/mol. The highest BCUT2D eigenvalue weighted by Gasteiger charge is 2.34. The fraction of sp³-hybridized carbons (Fsp3) is 0.121. The van der Waals surface area contributed by atoms with Gasteiger partial charge in [0.1, 0.15) is 11.6 Å². The maximum absolute atomic E-state index is 14.3. The number of halogens is 1. The Morgan fingerprint density at radius 1 is 1.08 bits per heavy atom. The van der Waals surface area contributed by atoms with Gasteiger partial charge >= 0.3 is 6.09 Å². The number of anilines is 2. The molecule has 0 saturated carbocycles. The van der Waals surface area contributed by atoms with Crippen molar-refractivity contribution in [3.8, 4) is 11.5 Å². The monoisotopic (exact) mass is 653 g/mol. The van der Waals surface area contributed by atoms with Gasteiger partial charge in [0.15, 0.2) is 17.3 Å². The van der Waals surface area contributed by atoms with E-state index in [0.29, 0.717) is 33.9 Å². The van der Waals surface area contributed by atoms with Crippen LogP contribution in [0.5, 0.6) is 11.5 Å². The summed E-state index contributed by atoms with van der Waals surface area (Å²) in [5.41, 5.74) is 2.85. The molecule has 1 aromatic heterocycles. The first-order valence-electron chi connectivity index (χ1n) is 14.5. The van der Waals surface area contributed by atoms with Crippen molar-refractivity contribution in [1.82, 2.24) is 20.2 Å². The van der Waals surface area contributed by atoms with Crippen molar-refractivity contribution in [3.05, 3.63) is 129 Å². The number of ether oxygens (including phenoxy) is 2. The van der Waals surface area contributed by atoms with E-state index in [1.807, 2.05) is 36.4 Å². The summed E-state index contributed by atoms with van der Waals surface area (Å²) < 4.78 is 24.6. The molecule has 6 rings (SSSR count). The number of aromatic amines is 1. The van der Waals surface area contributed by atoms with Crippen LogP contribution in [0.3, 0.4) is 0 Å². The number of H-pyrrole nitrogens is 1. The molecule has 0 radical (unpaired) electrons. The number of non-ortho nitro benzene ring substituents is 1. The van der Waals surface area contributed by atoms with Crippen LogP contribution in [-0.2, 0) is 6.54 Å². The van der Waals surface area contributed by atoms with E-state index in [1.165, 1.54) is 48.4 Å². The van der Waals surface area contributed by atoms with Gasteiger partial charge in [0.05, 0.1) is 42.1 Å². The van der Waals surface area contributed by atoms with Crippen LogP contribution in [0.2, 0.25) is 0 Å². The van der Waals surface area contributed by atoms with Gasteiger partial charge in [0.2, 0.25) is 0 Å². The number of amides is 2. The summed E-state index contributed by atoms with van der Waals surface area (Å²) in [5, 5.41) is 18.2. The normalized spacial score (nSPS) is 13.8. The average Bonchev–Trinajstić information content (AvgIpc) is 3.46. The third kappa shape index (κ3) is 6.29. The smallest absolute Gasteiger partial charge is 0.416 e. The topological polar surface area (TPSA) is 185 Å². The number of hydrogen-bond acceptors (Lipinski definition) is 10. The van der Waals surface area contributed by atoms with E-state index in [2.05, 4.69) is 15.6 Å². The van der Waals surface area contributed by atoms with Crippen molar-refractivity contribution in [2.45, 2.75) is 6.54 Å². The summed E-state index contributed by atoms with van der Waals surface area (Å²) in [7, 11) is 1.32. The third-order valence-corrected chi connectivity index (χ3v) is 7.66. The van der Waals surface area contributed by atoms with E-state index >= 15 is 0 Å². The van der Waals surface area contributed by atoms with Crippen LogP contribution in [-0.4, -0.2) is 57.8 Å². The molecule has 48 heavy (non-hydrogen) atoms. The number of Topliss-reactive ketones (excluding diaryl/α,β-unsaturated/α-hetero) is 1. The Balaban J connectivity index is 1.30. The van der Waals surface area contributed by atoms with Gasteiger partial charge in [0, 0.05) is 41.2 Å². The second kappa shape index (κ2) is 13.1. The number of carbonyl (C=O) groups excluding carboxylic acids is 3. The zero-order valence-corrected chi connectivity index (χ0v) is 25.4. The molecule has 3 heterocycles. The number of rotatable bonds is 8. The van der Waals surface area contributed by atoms with Crippen molar-refractivity contribution in [3.63, 3.8) is 0 Å². The molecule has 0 atom stereocenters. The van der Waals surface area contributed by atoms with Crippen LogP contribution >= 0.6 is 0 Å². The minimum atomic E-state index is -0.813. The van der Waals surface area contributed by atoms with Crippen molar-refractivity contribution >= 4 is 40.4 Å². The highest BCUT2D eigenvalue weighted by atomic mass is 19.1. The Hall–Kier alpha value is -6.48. The van der Waals surface area contributed by atoms with Crippen LogP contribution < -0.4 is 25.9 Å². The largest absolute Gasteiger partial charge is 0.494 e. The van der Waals surface area contributed by atoms with E-state index in [-0.39, 0.29) is 54.0 Å². The van der Waals surface area contributed by atoms with Gasteiger partial charge < -0.3 is 25.1 Å². The average molecular weight is 654 g/mol. The van der Waals surface area contributed by atoms with Crippen molar-refractivity contribution in [2.75, 3.05) is 25.5 Å². The number of para-hydroxylation sites is 1. The second-order valence-electron chi connectivity index (χ2n) is 10.7. The molecule has 0 aliphatic carbocycles. The summed E-state index contributed by atoms with van der Waals surface area (Å²) in [6.45, 7) is -0.0387. The summed E-state index contributed by atoms with van der Waals surface area (Å²) >= 11 is 0. The number of allylic oxidation sites excluding steroid dienone is 2. The highest BCUT2D eigenvalue weighted by molar-refractivity contribution is 6.09. The molecule has 5 N–H and O–H groups in total. The number of nitro benzene ring substituents is 1. The molecule has 15 heteroatoms. The Morgan fingerprint density at radius 2 is 1.83 bits per heavy atom. The number of aromatic nitrogens is 1. The number of methoxy groups -OCH3 is 1. The van der Waals surface area contributed by atoms with Crippen LogP contribution in [0, 0.1) is 15.9 Å². The Morgan fingerprint density at radius 3 is 2.52 bits per heavy atom. The lowest BCUT2D eigenvalue weighted by Crippen LogP contribution is -2.42. The van der Waals surface area contributed by atoms with Gasteiger partial charge in [0.25, 0.3) is 11.6 Å². The van der Waals surface area contributed by atoms with Crippen LogP contribution in [0.1, 0.15) is 32.1 Å². The molecule has 4 aromatic rings. The number of nitrogens with two attached hydrogens (primary N) is 1. The lowest BCUT2D eigenvalue weighted by atomic mass is 10.0. The Labute approximate surface area is 272 Å². The maximum Gasteiger partial charge on any atom is 0.416 e. The molecule has 0 fully saturated rings. The summed E-state index contributed by atoms with van der Waals surface area (Å²) in [5.74, 6) is 4.72. The highest BCUT2D eigenvalue weighted by Crippen LogP contribution is 2.37. The number of carbonyl (C=O) groups is 3. The number of fused-ring (bicyclic) bond motifs is 1. The van der Waals surface area contributed by atoms with Gasteiger partial charge in [-0.25, -0.2) is 20.0 Å². The third-order valence-electron chi connectivity index (χ3n) is 7.66. The lowest BCUT2D eigenvalue weighted by molar-refractivity contribution is -0.384. The van der Waals surface area contributed by atoms with E-state index < -0.39 is 22.7 Å². The molecule has 0 bridgehead atoms. The zero-order chi connectivity index (χ0) is 33.9. The Bertz CT molecular complexity index is 1990. The number of hydrogen-bond donors (Lipinski definition) is 4. The fourth-order valence-electron chi connectivity index (χ4n) is 5.31. The van der Waals surface area contributed by atoms with Crippen LogP contribution in [0.4, 0.5) is 26.2 Å². The molecule has 2 aliphatic rings. The molecule has 0 saturated heterocycles. The standard InChI is InChI=1S/C33H28FN7O7/c1-47-27-12-7-20(15-24(27)34)32(43)40(35)28-16-19(13-14-36-28)30-31(37-21-5-3-2-4-6-21)29-25(38-30)17-39(18-26(29)42)33(44)48-23-10-8-22(9-11-23)41(45)46/h2-13,15-16,36-38H,14,17-18,35H2,1H3. The van der Waals surface area contributed by atoms with E-state index in [1.54, 1.807) is 6.08 Å². The van der Waals surface area contributed by atoms with Crippen LogP contribution in [0.25, 0.3) is 5.57 Å². The van der Waals surface area contributed by atoms with Crippen molar-refractivity contribution in [1.29, 1.82) is 0 Å². The van der Waals surface area contributed by atoms with Crippen molar-refractivity contribution in [2.24, 2.45) is 5.84 Å². The first kappa shape index (κ1) is 31.5. The van der Waals surface area contributed by atoms with Gasteiger partial charge in [-0.15, -0.1) is 0 Å². The summed E-state index contributed by atoms with van der Waals surface area (Å²) in [6.07, 6.45) is 2.62. The molecular formula is C33H28FN7O7. The van der Waals surface area contributed by atoms with Gasteiger partial charge in [-0.1, -0.05) is 24.3 Å². The number of ketones is 1. The van der Waals surface area contributed by atoms with Gasteiger partial charge in [-0.05, 0) is 48.5 Å². The van der Waals surface area contributed by atoms with Crippen molar-refractivity contribution < 1.29 is 33.2 Å². The van der Waals surface area contributed by atoms with Gasteiger partial charge in [-0.3, -0.25) is 24.6 Å². The molecule has 2 amide bonds. The second-order valence-corrected chi connectivity index (χ2v) is 10.7. The number of nitrogens with zero attached hydrogens (tertiary/aromatic N) is 3. The van der Waals surface area contributed by atoms with E-state index in [9.17, 15) is 28.9 Å². The van der Waals surface area contributed by atoms with Gasteiger partial charge in [-0.2, -0.15) is 0 Å². The van der Waals surface area contributed by atoms with Crippen LogP contribution in [0.15, 0.2) is 90.8 Å². The Kier molecular flexibility index (Phi) is 8.59. The molecule has 0 unspecified atom stereocenters. The summed E-state index contributed by atoms with van der Waals surface area (Å²) in [6, 6.07) is 18.0. The predicted octanol–water partition coefficient (Wildman–Crippen LogP) is 4.86. The minimum absolute atomic E-state index is 0.00248. The number of dihydropyridines is 1. The lowest BCUT2D eigenvalue weighted by Gasteiger charge is -2.25. The molecule has 3 aromatic carbocycles. The predicted molar refractivity (Wildman–Crippen MR) is 172 cm³/mol. The number of nitro groups is 1. The van der Waals surface area contributed by atoms with E-state index in [4.69, 9.17) is 15.3 Å². The minimum Gasteiger partial charge on any atom is -0.494 e. The molecule has 244 valence electrons. The molecule has 14 nitrogen and oxygen atoms in total. The molecule has 2 aliphatic heterocycles. The quantitative estimate of drug-likeness (QED) is 0.0886. The zero-order valence-electron chi connectivity index (χ0n) is 25.4. The maximum atomic E-state index is 14.3. The molecule has 0 spiro atoms. The number of hydrazine groups is 1. The fourth-order valence-corrected chi connectivity index (χ4v) is 5.31. The van der Waals surface area contributed by atoms with E-state index in [0.717, 1.165) is 11.1 Å². The SMILES string of the molecule is COc1ccc(C(=O)N(N)C2=CC(c3[nH]c4c(c3Nc3ccccc3)C(=O)CN(C(=O)Oc3ccc([N+](=O)[O-])cc3)C4)=CCN2)cc1F. The first-order valence-corrected chi connectivity index (χ1v) is 14.5. The first-order chi connectivity index (χ1) is 23.1. The number of nitrogens with one attached hydrogen (secondary N) is 3. The summed E-state index contributed by atoms with van der Waals surface area (Å²) in [4.78, 5) is 54.7. The number of benzene rings is 3.